The first-order chi connectivity index (χ1) is 10.1. The second-order valence-electron chi connectivity index (χ2n) is 4.32. The summed E-state index contributed by atoms with van der Waals surface area (Å²) in [6.45, 7) is 2.25. The lowest BCUT2D eigenvalue weighted by molar-refractivity contribution is -0.250. The number of benzene rings is 1. The molecule has 2 N–H and O–H groups in total. The molecule has 1 aromatic carbocycles. The number of aryl methyl sites for hydroxylation is 1. The molecule has 0 saturated heterocycles. The number of aromatic nitrogens is 1. The van der Waals surface area contributed by atoms with Crippen LogP contribution in [-0.2, 0) is 0 Å². The Kier molecular flexibility index (Phi) is 4.89. The van der Waals surface area contributed by atoms with E-state index >= 15 is 0 Å². The molecule has 0 bridgehead atoms. The van der Waals surface area contributed by atoms with E-state index in [0.29, 0.717) is 5.69 Å². The second-order valence-corrected chi connectivity index (χ2v) is 5.17. The van der Waals surface area contributed by atoms with Gasteiger partial charge in [-0.3, -0.25) is 4.79 Å². The average molecular weight is 304 g/mol. The lowest BCUT2D eigenvalue weighted by Crippen LogP contribution is -2.41. The van der Waals surface area contributed by atoms with Gasteiger partial charge in [0.1, 0.15) is 11.8 Å². The number of rotatable bonds is 5. The van der Waals surface area contributed by atoms with Crippen molar-refractivity contribution in [2.75, 3.05) is 13.1 Å². The highest BCUT2D eigenvalue weighted by Crippen LogP contribution is 2.30. The number of amides is 2. The molecule has 2 amide bonds. The molecule has 0 radical (unpaired) electrons. The van der Waals surface area contributed by atoms with Crippen LogP contribution in [0.25, 0.3) is 10.4 Å². The zero-order valence-electron chi connectivity index (χ0n) is 11.4. The summed E-state index contributed by atoms with van der Waals surface area (Å²) in [6.07, 6.45) is -1.36. The standard InChI is InChI=1S/C14H15N3O3S/c1-9-4-2-3-5-10(9)12-11(17-8-21-12)13(18)15-6-7-16-14(19)20/h2-5,8,16H,6-7H2,1H3,(H,15,18)(H,19,20)/p-1. The van der Waals surface area contributed by atoms with Gasteiger partial charge in [0.15, 0.2) is 0 Å². The van der Waals surface area contributed by atoms with Gasteiger partial charge in [0.2, 0.25) is 0 Å². The van der Waals surface area contributed by atoms with Gasteiger partial charge in [-0.1, -0.05) is 24.3 Å². The normalized spacial score (nSPS) is 10.1. The van der Waals surface area contributed by atoms with Gasteiger partial charge in [-0.15, -0.1) is 11.3 Å². The third-order valence-corrected chi connectivity index (χ3v) is 3.71. The van der Waals surface area contributed by atoms with Gasteiger partial charge in [0.05, 0.1) is 10.4 Å². The fourth-order valence-corrected chi connectivity index (χ4v) is 2.73. The Labute approximate surface area is 125 Å². The highest BCUT2D eigenvalue weighted by molar-refractivity contribution is 7.13. The van der Waals surface area contributed by atoms with Gasteiger partial charge in [-0.05, 0) is 18.1 Å². The van der Waals surface area contributed by atoms with E-state index < -0.39 is 6.09 Å². The molecule has 6 nitrogen and oxygen atoms in total. The summed E-state index contributed by atoms with van der Waals surface area (Å²) in [5.41, 5.74) is 4.01. The molecule has 0 spiro atoms. The first-order valence-electron chi connectivity index (χ1n) is 6.32. The minimum absolute atomic E-state index is 0.0951. The van der Waals surface area contributed by atoms with Crippen molar-refractivity contribution in [3.63, 3.8) is 0 Å². The van der Waals surface area contributed by atoms with Gasteiger partial charge >= 0.3 is 0 Å². The third-order valence-electron chi connectivity index (χ3n) is 2.85. The van der Waals surface area contributed by atoms with E-state index in [0.717, 1.165) is 16.0 Å². The molecule has 0 unspecified atom stereocenters. The maximum Gasteiger partial charge on any atom is 0.271 e. The molecule has 0 aliphatic rings. The fourth-order valence-electron chi connectivity index (χ4n) is 1.85. The van der Waals surface area contributed by atoms with Gasteiger partial charge in [-0.25, -0.2) is 4.98 Å². The Morgan fingerprint density at radius 3 is 2.67 bits per heavy atom. The van der Waals surface area contributed by atoms with Gasteiger partial charge < -0.3 is 20.5 Å². The largest absolute Gasteiger partial charge is 0.530 e. The van der Waals surface area contributed by atoms with Crippen molar-refractivity contribution in [2.24, 2.45) is 0 Å². The van der Waals surface area contributed by atoms with Crippen LogP contribution >= 0.6 is 11.3 Å². The van der Waals surface area contributed by atoms with Gasteiger partial charge in [-0.2, -0.15) is 0 Å². The van der Waals surface area contributed by atoms with Crippen molar-refractivity contribution in [3.05, 3.63) is 41.0 Å². The first-order valence-corrected chi connectivity index (χ1v) is 7.20. The molecule has 2 rings (SSSR count). The van der Waals surface area contributed by atoms with Crippen LogP contribution in [0, 0.1) is 6.92 Å². The van der Waals surface area contributed by atoms with Crippen LogP contribution in [0.3, 0.4) is 0 Å². The Bertz CT molecular complexity index is 654. The van der Waals surface area contributed by atoms with Crippen molar-refractivity contribution >= 4 is 23.3 Å². The molecule has 0 atom stereocenters. The summed E-state index contributed by atoms with van der Waals surface area (Å²) in [4.78, 5) is 27.2. The number of nitrogens with zero attached hydrogens (tertiary/aromatic N) is 1. The molecule has 0 aliphatic heterocycles. The van der Waals surface area contributed by atoms with Crippen LogP contribution in [0.4, 0.5) is 4.79 Å². The number of carboxylic acid groups (broad SMARTS) is 1. The molecular formula is C14H14N3O3S-. The molecule has 2 aromatic rings. The summed E-state index contributed by atoms with van der Waals surface area (Å²) >= 11 is 1.40. The fraction of sp³-hybridized carbons (Fsp3) is 0.214. The zero-order valence-corrected chi connectivity index (χ0v) is 12.2. The summed E-state index contributed by atoms with van der Waals surface area (Å²) in [7, 11) is 0. The monoisotopic (exact) mass is 304 g/mol. The molecule has 0 aliphatic carbocycles. The number of thiazole rings is 1. The molecule has 0 fully saturated rings. The number of carbonyl (C=O) groups excluding carboxylic acids is 2. The van der Waals surface area contributed by atoms with E-state index in [9.17, 15) is 14.7 Å². The smallest absolute Gasteiger partial charge is 0.271 e. The lowest BCUT2D eigenvalue weighted by Gasteiger charge is -2.08. The summed E-state index contributed by atoms with van der Waals surface area (Å²) < 4.78 is 0. The van der Waals surface area contributed by atoms with Crippen molar-refractivity contribution in [3.8, 4) is 10.4 Å². The molecule has 1 heterocycles. The zero-order chi connectivity index (χ0) is 15.2. The maximum absolute atomic E-state index is 12.1. The quantitative estimate of drug-likeness (QED) is 0.798. The molecule has 110 valence electrons. The number of carbonyl (C=O) groups is 2. The highest BCUT2D eigenvalue weighted by Gasteiger charge is 2.16. The summed E-state index contributed by atoms with van der Waals surface area (Å²) in [5, 5.41) is 14.9. The van der Waals surface area contributed by atoms with Crippen LogP contribution in [0.5, 0.6) is 0 Å². The van der Waals surface area contributed by atoms with E-state index in [-0.39, 0.29) is 19.0 Å². The molecule has 7 heteroatoms. The molecule has 0 saturated carbocycles. The van der Waals surface area contributed by atoms with Crippen molar-refractivity contribution in [2.45, 2.75) is 6.92 Å². The molecule has 21 heavy (non-hydrogen) atoms. The maximum atomic E-state index is 12.1. The third kappa shape index (κ3) is 3.79. The van der Waals surface area contributed by atoms with Crippen molar-refractivity contribution in [1.29, 1.82) is 0 Å². The van der Waals surface area contributed by atoms with Gasteiger partial charge in [0, 0.05) is 13.1 Å². The Hall–Kier alpha value is -2.41. The topological polar surface area (TPSA) is 94.2 Å². The van der Waals surface area contributed by atoms with Crippen LogP contribution in [0.1, 0.15) is 16.1 Å². The van der Waals surface area contributed by atoms with Crippen LogP contribution in [0.2, 0.25) is 0 Å². The van der Waals surface area contributed by atoms with Gasteiger partial charge in [0.25, 0.3) is 5.91 Å². The summed E-state index contributed by atoms with van der Waals surface area (Å²) in [5.74, 6) is -0.324. The Morgan fingerprint density at radius 1 is 1.24 bits per heavy atom. The predicted octanol–water partition coefficient (Wildman–Crippen LogP) is 0.781. The summed E-state index contributed by atoms with van der Waals surface area (Å²) in [6, 6.07) is 7.76. The van der Waals surface area contributed by atoms with E-state index in [1.165, 1.54) is 11.3 Å². The van der Waals surface area contributed by atoms with E-state index in [1.54, 1.807) is 5.51 Å². The average Bonchev–Trinajstić information content (AvgIpc) is 2.93. The SMILES string of the molecule is Cc1ccccc1-c1scnc1C(=O)NCCNC(=O)[O-]. The number of hydrogen-bond acceptors (Lipinski definition) is 5. The predicted molar refractivity (Wildman–Crippen MR) is 78.0 cm³/mol. The van der Waals surface area contributed by atoms with E-state index in [4.69, 9.17) is 0 Å². The Morgan fingerprint density at radius 2 is 1.95 bits per heavy atom. The van der Waals surface area contributed by atoms with Crippen LogP contribution < -0.4 is 15.7 Å². The number of hydrogen-bond donors (Lipinski definition) is 2. The first kappa shape index (κ1) is 15.0. The lowest BCUT2D eigenvalue weighted by atomic mass is 10.1. The molecular weight excluding hydrogens is 290 g/mol. The second kappa shape index (κ2) is 6.85. The van der Waals surface area contributed by atoms with E-state index in [1.807, 2.05) is 31.2 Å². The minimum atomic E-state index is -1.36. The molecule has 1 aromatic heterocycles. The van der Waals surface area contributed by atoms with Crippen LogP contribution in [0.15, 0.2) is 29.8 Å². The highest BCUT2D eigenvalue weighted by atomic mass is 32.1. The minimum Gasteiger partial charge on any atom is -0.530 e. The number of nitrogens with one attached hydrogen (secondary N) is 2. The van der Waals surface area contributed by atoms with Crippen LogP contribution in [-0.4, -0.2) is 30.1 Å². The van der Waals surface area contributed by atoms with E-state index in [2.05, 4.69) is 15.6 Å². The van der Waals surface area contributed by atoms with Crippen molar-refractivity contribution < 1.29 is 14.7 Å². The van der Waals surface area contributed by atoms with Crippen molar-refractivity contribution in [1.82, 2.24) is 15.6 Å². The Balaban J connectivity index is 2.08.